The van der Waals surface area contributed by atoms with Crippen LogP contribution in [0.25, 0.3) is 5.83 Å². The van der Waals surface area contributed by atoms with Crippen LogP contribution in [0.1, 0.15) is 33.0 Å². The van der Waals surface area contributed by atoms with Gasteiger partial charge in [-0.15, -0.1) is 0 Å². The molecule has 18 heteroatoms. The van der Waals surface area contributed by atoms with Crippen LogP contribution < -0.4 is 5.32 Å². The predicted octanol–water partition coefficient (Wildman–Crippen LogP) is 7.87. The van der Waals surface area contributed by atoms with Crippen LogP contribution in [0.5, 0.6) is 0 Å². The molecule has 2 aromatic rings. The summed E-state index contributed by atoms with van der Waals surface area (Å²) >= 11 is 14.5. The minimum Gasteiger partial charge on any atom is -0.338 e. The van der Waals surface area contributed by atoms with Gasteiger partial charge in [0.25, 0.3) is 11.8 Å². The van der Waals surface area contributed by atoms with Crippen LogP contribution >= 0.6 is 39.1 Å². The molecule has 0 aromatic heterocycles. The molecule has 0 saturated carbocycles. The fourth-order valence-corrected chi connectivity index (χ4v) is 4.53. The Hall–Kier alpha value is -2.56. The van der Waals surface area contributed by atoms with Crippen molar-refractivity contribution < 1.29 is 58.3 Å². The quantitative estimate of drug-likeness (QED) is 0.246. The molecule has 0 spiro atoms. The van der Waals surface area contributed by atoms with Gasteiger partial charge in [0, 0.05) is 10.0 Å². The highest BCUT2D eigenvalue weighted by molar-refractivity contribution is 9.10. The van der Waals surface area contributed by atoms with Crippen molar-refractivity contribution in [1.82, 2.24) is 10.4 Å². The summed E-state index contributed by atoms with van der Waals surface area (Å²) in [6, 6.07) is 1.01. The molecule has 5 nitrogen and oxygen atoms in total. The lowest BCUT2D eigenvalue weighted by Gasteiger charge is -2.19. The number of alkyl halides is 9. The molecule has 1 fully saturated rings. The number of rotatable bonds is 6. The number of nitrogens with one attached hydrogen (secondary N) is 1. The summed E-state index contributed by atoms with van der Waals surface area (Å²) < 4.78 is 135. The highest BCUT2D eigenvalue weighted by Gasteiger charge is 2.43. The Morgan fingerprint density at radius 1 is 1.10 bits per heavy atom. The Balaban J connectivity index is 1.95. The zero-order valence-electron chi connectivity index (χ0n) is 19.6. The van der Waals surface area contributed by atoms with E-state index < -0.39 is 83.5 Å². The number of carbonyl (C=O) groups is 2. The number of hydroxylamine groups is 2. The molecule has 224 valence electrons. The second-order valence-electron chi connectivity index (χ2n) is 8.40. The summed E-state index contributed by atoms with van der Waals surface area (Å²) in [5.41, 5.74) is -4.56. The van der Waals surface area contributed by atoms with Crippen molar-refractivity contribution in [2.45, 2.75) is 30.5 Å². The van der Waals surface area contributed by atoms with Crippen molar-refractivity contribution in [1.29, 1.82) is 0 Å². The van der Waals surface area contributed by atoms with Gasteiger partial charge in [-0.2, -0.15) is 39.5 Å². The third-order valence-electron chi connectivity index (χ3n) is 5.45. The fourth-order valence-electron chi connectivity index (χ4n) is 3.60. The van der Waals surface area contributed by atoms with Crippen LogP contribution in [0.2, 0.25) is 10.0 Å². The number of amides is 2. The third-order valence-corrected chi connectivity index (χ3v) is 7.10. The molecule has 1 unspecified atom stereocenters. The van der Waals surface area contributed by atoms with E-state index in [1.165, 1.54) is 0 Å². The number of carbonyl (C=O) groups excluding carboxylic acids is 2. The Bertz CT molecular complexity index is 1360. The van der Waals surface area contributed by atoms with Gasteiger partial charge in [0.15, 0.2) is 0 Å². The van der Waals surface area contributed by atoms with Crippen molar-refractivity contribution >= 4 is 56.8 Å². The number of benzene rings is 2. The minimum absolute atomic E-state index is 0.00497. The van der Waals surface area contributed by atoms with Crippen LogP contribution in [0.4, 0.5) is 43.9 Å². The van der Waals surface area contributed by atoms with E-state index in [1.807, 2.05) is 0 Å². The number of allylic oxidation sites excluding steroid dienone is 1. The van der Waals surface area contributed by atoms with Gasteiger partial charge >= 0.3 is 18.5 Å². The summed E-state index contributed by atoms with van der Waals surface area (Å²) in [7, 11) is 0. The summed E-state index contributed by atoms with van der Waals surface area (Å²) in [5, 5.41) is 1.23. The van der Waals surface area contributed by atoms with Crippen molar-refractivity contribution in [2.75, 3.05) is 13.2 Å². The largest absolute Gasteiger partial charge is 0.417 e. The summed E-state index contributed by atoms with van der Waals surface area (Å²) in [4.78, 5) is 29.1. The second kappa shape index (κ2) is 12.0. The van der Waals surface area contributed by atoms with E-state index in [9.17, 15) is 49.1 Å². The summed E-state index contributed by atoms with van der Waals surface area (Å²) in [5.74, 6) is -7.40. The second-order valence-corrected chi connectivity index (χ2v) is 10.0. The maximum absolute atomic E-state index is 15.0. The molecule has 1 N–H and O–H groups in total. The average molecular weight is 706 g/mol. The standard InChI is InChI=1S/C23H13BrCl2F10N2O3/c24-14-4-10(5-15(25)18(14)26)12(22(31,32)33)6-16(27)9-1-2-11(13(3-9)23(34,35)36)19(39)37-17-7-41-38(20(17)40)8-21(28,29)30/h1-6,12,17H,7-8H2,(H,37,39)/b16-6-/t12?,17-/m1/s1. The lowest BCUT2D eigenvalue weighted by atomic mass is 9.95. The Morgan fingerprint density at radius 3 is 2.27 bits per heavy atom. The Morgan fingerprint density at radius 2 is 1.73 bits per heavy atom. The molecule has 1 heterocycles. The first kappa shape index (κ1) is 32.9. The lowest BCUT2D eigenvalue weighted by molar-refractivity contribution is -0.214. The predicted molar refractivity (Wildman–Crippen MR) is 128 cm³/mol. The van der Waals surface area contributed by atoms with Gasteiger partial charge in [-0.05, 0) is 51.8 Å². The van der Waals surface area contributed by atoms with Crippen molar-refractivity contribution in [3.63, 3.8) is 0 Å². The van der Waals surface area contributed by atoms with Gasteiger partial charge in [-0.3, -0.25) is 14.4 Å². The van der Waals surface area contributed by atoms with E-state index in [-0.39, 0.29) is 31.7 Å². The van der Waals surface area contributed by atoms with Gasteiger partial charge in [0.1, 0.15) is 30.9 Å². The summed E-state index contributed by atoms with van der Waals surface area (Å²) in [6.45, 7) is -2.66. The topological polar surface area (TPSA) is 58.6 Å². The zero-order valence-corrected chi connectivity index (χ0v) is 22.7. The van der Waals surface area contributed by atoms with Crippen molar-refractivity contribution in [3.05, 3.63) is 73.2 Å². The highest BCUT2D eigenvalue weighted by Crippen LogP contribution is 2.43. The first-order valence-electron chi connectivity index (χ1n) is 10.8. The molecule has 2 aromatic carbocycles. The highest BCUT2D eigenvalue weighted by atomic mass is 79.9. The smallest absolute Gasteiger partial charge is 0.338 e. The maximum Gasteiger partial charge on any atom is 0.417 e. The minimum atomic E-state index is -5.35. The van der Waals surface area contributed by atoms with Crippen LogP contribution in [0.3, 0.4) is 0 Å². The van der Waals surface area contributed by atoms with Gasteiger partial charge < -0.3 is 5.32 Å². The molecule has 0 aliphatic carbocycles. The van der Waals surface area contributed by atoms with Gasteiger partial charge in [0.05, 0.1) is 21.2 Å². The molecule has 2 amide bonds. The van der Waals surface area contributed by atoms with E-state index in [4.69, 9.17) is 23.2 Å². The molecule has 3 rings (SSSR count). The Kier molecular flexibility index (Phi) is 9.62. The number of hydrogen-bond donors (Lipinski definition) is 1. The van der Waals surface area contributed by atoms with E-state index in [1.54, 1.807) is 5.32 Å². The van der Waals surface area contributed by atoms with E-state index in [0.717, 1.165) is 12.1 Å². The first-order chi connectivity index (χ1) is 18.7. The molecule has 1 saturated heterocycles. The molecule has 1 aliphatic rings. The van der Waals surface area contributed by atoms with Crippen LogP contribution in [-0.2, 0) is 15.8 Å². The zero-order chi connectivity index (χ0) is 31.1. The van der Waals surface area contributed by atoms with E-state index in [2.05, 4.69) is 20.8 Å². The third kappa shape index (κ3) is 8.05. The van der Waals surface area contributed by atoms with Crippen molar-refractivity contribution in [2.24, 2.45) is 0 Å². The molecular weight excluding hydrogens is 693 g/mol. The lowest BCUT2D eigenvalue weighted by Crippen LogP contribution is -2.44. The van der Waals surface area contributed by atoms with Crippen LogP contribution in [0, 0.1) is 0 Å². The maximum atomic E-state index is 15.0. The molecular formula is C23H13BrCl2F10N2O3. The van der Waals surface area contributed by atoms with Crippen LogP contribution in [-0.4, -0.2) is 48.4 Å². The van der Waals surface area contributed by atoms with Gasteiger partial charge in [-0.25, -0.2) is 9.45 Å². The molecule has 1 aliphatic heterocycles. The number of nitrogens with zero attached hydrogens (tertiary/aromatic N) is 1. The van der Waals surface area contributed by atoms with Crippen molar-refractivity contribution in [3.8, 4) is 0 Å². The van der Waals surface area contributed by atoms with Crippen LogP contribution in [0.15, 0.2) is 40.9 Å². The van der Waals surface area contributed by atoms with Gasteiger partial charge in [0.2, 0.25) is 0 Å². The fraction of sp³-hybridized carbons (Fsp3) is 0.304. The van der Waals surface area contributed by atoms with Gasteiger partial charge in [-0.1, -0.05) is 29.3 Å². The van der Waals surface area contributed by atoms with E-state index in [0.29, 0.717) is 12.1 Å². The number of hydrogen-bond acceptors (Lipinski definition) is 3. The molecule has 0 radical (unpaired) electrons. The van der Waals surface area contributed by atoms with E-state index >= 15 is 4.39 Å². The SMILES string of the molecule is O=C(N[C@@H]1CON(CC(F)(F)F)C1=O)c1ccc(/C(F)=C/C(c2cc(Cl)c(Cl)c(Br)c2)C(F)(F)F)cc1C(F)(F)F. The molecule has 0 bridgehead atoms. The number of halogens is 13. The molecule has 2 atom stereocenters. The normalized spacial score (nSPS) is 17.7. The summed E-state index contributed by atoms with van der Waals surface area (Å²) in [6.07, 6.45) is -15.3. The average Bonchev–Trinajstić information content (AvgIpc) is 3.16. The monoisotopic (exact) mass is 704 g/mol. The molecule has 41 heavy (non-hydrogen) atoms. The Labute approximate surface area is 242 Å². The first-order valence-corrected chi connectivity index (χ1v) is 12.4.